The van der Waals surface area contributed by atoms with Gasteiger partial charge in [0.15, 0.2) is 0 Å². The van der Waals surface area contributed by atoms with Gasteiger partial charge in [0, 0.05) is 17.6 Å². The highest BCUT2D eigenvalue weighted by atomic mass is 35.5. The summed E-state index contributed by atoms with van der Waals surface area (Å²) in [6.07, 6.45) is 4.97. The zero-order valence-corrected chi connectivity index (χ0v) is 20.7. The zero-order valence-electron chi connectivity index (χ0n) is 19.1. The maximum Gasteiger partial charge on any atom is 0.331 e. The van der Waals surface area contributed by atoms with E-state index in [1.165, 1.54) is 29.3 Å². The molecule has 3 rings (SSSR count). The van der Waals surface area contributed by atoms with Crippen molar-refractivity contribution in [3.8, 4) is 0 Å². The van der Waals surface area contributed by atoms with Crippen LogP contribution in [-0.2, 0) is 11.2 Å². The van der Waals surface area contributed by atoms with E-state index in [-0.39, 0.29) is 23.8 Å². The van der Waals surface area contributed by atoms with E-state index in [1.54, 1.807) is 26.1 Å². The zero-order chi connectivity index (χ0) is 25.0. The lowest BCUT2D eigenvalue weighted by molar-refractivity contribution is -0.117. The molecule has 178 valence electrons. The molecular formula is C24H24ClFN4O3S. The molecule has 7 nitrogen and oxygen atoms in total. The molecule has 1 aromatic carbocycles. The average molecular weight is 503 g/mol. The van der Waals surface area contributed by atoms with Crippen LogP contribution in [0.2, 0.25) is 0 Å². The van der Waals surface area contributed by atoms with Crippen molar-refractivity contribution in [3.05, 3.63) is 75.6 Å². The maximum atomic E-state index is 13.6. The molecule has 1 aromatic heterocycles. The first kappa shape index (κ1) is 25.3. The number of halogens is 2. The molecule has 0 saturated heterocycles. The van der Waals surface area contributed by atoms with E-state index >= 15 is 0 Å². The Labute approximate surface area is 205 Å². The van der Waals surface area contributed by atoms with Gasteiger partial charge in [0.25, 0.3) is 5.91 Å². The minimum absolute atomic E-state index is 0.0335. The Balaban J connectivity index is 1.77. The van der Waals surface area contributed by atoms with Crippen molar-refractivity contribution in [2.45, 2.75) is 27.2 Å². The SMILES string of the molecule is C\C=S(NC(=O)N(C)c1ccc(N2C(=O)Cc3ccc(F)cc3C2=O)nc1)/C(C)=C/C=C(\C)Cl. The molecule has 1 atom stereocenters. The highest BCUT2D eigenvalue weighted by molar-refractivity contribution is 8.17. The highest BCUT2D eigenvalue weighted by Crippen LogP contribution is 2.27. The summed E-state index contributed by atoms with van der Waals surface area (Å²) in [6.45, 7) is 5.52. The quantitative estimate of drug-likeness (QED) is 0.348. The number of amides is 4. The van der Waals surface area contributed by atoms with E-state index in [1.807, 2.05) is 25.3 Å². The van der Waals surface area contributed by atoms with Crippen LogP contribution in [0.5, 0.6) is 0 Å². The van der Waals surface area contributed by atoms with Gasteiger partial charge >= 0.3 is 6.03 Å². The third-order valence-electron chi connectivity index (χ3n) is 5.08. The van der Waals surface area contributed by atoms with Crippen LogP contribution in [0, 0.1) is 5.82 Å². The van der Waals surface area contributed by atoms with Gasteiger partial charge in [-0.05, 0) is 66.9 Å². The third-order valence-corrected chi connectivity index (χ3v) is 6.90. The first-order chi connectivity index (χ1) is 16.1. The van der Waals surface area contributed by atoms with Crippen molar-refractivity contribution >= 4 is 57.0 Å². The van der Waals surface area contributed by atoms with E-state index in [4.69, 9.17) is 11.6 Å². The van der Waals surface area contributed by atoms with Crippen LogP contribution < -0.4 is 14.5 Å². The molecule has 0 aliphatic carbocycles. The summed E-state index contributed by atoms with van der Waals surface area (Å²) in [7, 11) is 0.970. The summed E-state index contributed by atoms with van der Waals surface area (Å²) in [5.41, 5.74) is 1.07. The Kier molecular flexibility index (Phi) is 8.01. The van der Waals surface area contributed by atoms with Crippen molar-refractivity contribution in [1.82, 2.24) is 9.71 Å². The topological polar surface area (TPSA) is 82.6 Å². The number of nitrogens with zero attached hydrogens (tertiary/aromatic N) is 3. The van der Waals surface area contributed by atoms with E-state index in [0.717, 1.165) is 15.9 Å². The molecule has 0 fully saturated rings. The van der Waals surface area contributed by atoms with Crippen LogP contribution in [0.4, 0.5) is 20.7 Å². The number of imide groups is 1. The fraction of sp³-hybridized carbons (Fsp3) is 0.208. The molecule has 4 amide bonds. The number of urea groups is 1. The van der Waals surface area contributed by atoms with Crippen molar-refractivity contribution in [3.63, 3.8) is 0 Å². The third kappa shape index (κ3) is 5.60. The predicted octanol–water partition coefficient (Wildman–Crippen LogP) is 5.15. The molecule has 1 aliphatic rings. The number of anilines is 2. The lowest BCUT2D eigenvalue weighted by Crippen LogP contribution is -2.43. The smallest absolute Gasteiger partial charge is 0.295 e. The van der Waals surface area contributed by atoms with Crippen LogP contribution in [0.3, 0.4) is 0 Å². The fourth-order valence-corrected chi connectivity index (χ4v) is 4.48. The Bertz CT molecular complexity index is 1240. The van der Waals surface area contributed by atoms with Gasteiger partial charge in [0.2, 0.25) is 5.91 Å². The fourth-order valence-electron chi connectivity index (χ4n) is 3.23. The summed E-state index contributed by atoms with van der Waals surface area (Å²) in [5, 5.41) is 2.51. The molecule has 2 aromatic rings. The molecule has 34 heavy (non-hydrogen) atoms. The second-order valence-electron chi connectivity index (χ2n) is 7.46. The number of pyridine rings is 1. The number of allylic oxidation sites excluding steroid dienone is 4. The molecule has 0 spiro atoms. The Morgan fingerprint density at radius 3 is 2.59 bits per heavy atom. The number of aromatic nitrogens is 1. The number of fused-ring (bicyclic) bond motifs is 1. The monoisotopic (exact) mass is 502 g/mol. The minimum atomic E-state index is -0.636. The molecule has 1 N–H and O–H groups in total. The Hall–Kier alpha value is -3.30. The van der Waals surface area contributed by atoms with E-state index in [2.05, 4.69) is 9.71 Å². The van der Waals surface area contributed by atoms with Crippen LogP contribution in [-0.4, -0.2) is 35.2 Å². The number of hydrogen-bond donors (Lipinski definition) is 1. The molecule has 0 saturated carbocycles. The van der Waals surface area contributed by atoms with Gasteiger partial charge in [-0.25, -0.2) is 19.1 Å². The van der Waals surface area contributed by atoms with Crippen molar-refractivity contribution in [1.29, 1.82) is 0 Å². The average Bonchev–Trinajstić information content (AvgIpc) is 2.81. The summed E-state index contributed by atoms with van der Waals surface area (Å²) in [4.78, 5) is 45.6. The number of benzene rings is 1. The minimum Gasteiger partial charge on any atom is -0.295 e. The first-order valence-electron chi connectivity index (χ1n) is 10.3. The van der Waals surface area contributed by atoms with Crippen LogP contribution in [0.1, 0.15) is 36.7 Å². The lowest BCUT2D eigenvalue weighted by atomic mass is 9.98. The molecule has 1 unspecified atom stereocenters. The van der Waals surface area contributed by atoms with Crippen LogP contribution >= 0.6 is 22.3 Å². The van der Waals surface area contributed by atoms with Gasteiger partial charge in [0.05, 0.1) is 18.3 Å². The number of rotatable bonds is 5. The maximum absolute atomic E-state index is 13.6. The summed E-state index contributed by atoms with van der Waals surface area (Å²) in [6, 6.07) is 6.48. The van der Waals surface area contributed by atoms with Gasteiger partial charge in [-0.2, -0.15) is 0 Å². The van der Waals surface area contributed by atoms with Gasteiger partial charge in [-0.1, -0.05) is 34.4 Å². The number of carbonyl (C=O) groups excluding carboxylic acids is 3. The number of hydrogen-bond acceptors (Lipinski definition) is 4. The van der Waals surface area contributed by atoms with Gasteiger partial charge in [-0.3, -0.25) is 19.2 Å². The normalized spacial score (nSPS) is 15.3. The molecule has 1 aliphatic heterocycles. The van der Waals surface area contributed by atoms with Crippen molar-refractivity contribution < 1.29 is 18.8 Å². The summed E-state index contributed by atoms with van der Waals surface area (Å²) < 4.78 is 16.6. The summed E-state index contributed by atoms with van der Waals surface area (Å²) in [5.74, 6) is -1.55. The van der Waals surface area contributed by atoms with E-state index in [0.29, 0.717) is 16.3 Å². The van der Waals surface area contributed by atoms with Gasteiger partial charge < -0.3 is 0 Å². The molecular weight excluding hydrogens is 479 g/mol. The van der Waals surface area contributed by atoms with Crippen LogP contribution in [0.25, 0.3) is 0 Å². The van der Waals surface area contributed by atoms with Crippen molar-refractivity contribution in [2.24, 2.45) is 0 Å². The van der Waals surface area contributed by atoms with Gasteiger partial charge in [0.1, 0.15) is 11.6 Å². The largest absolute Gasteiger partial charge is 0.331 e. The molecule has 2 heterocycles. The predicted molar refractivity (Wildman–Crippen MR) is 136 cm³/mol. The van der Waals surface area contributed by atoms with Crippen molar-refractivity contribution in [2.75, 3.05) is 16.8 Å². The lowest BCUT2D eigenvalue weighted by Gasteiger charge is -2.26. The second kappa shape index (κ2) is 10.8. The standard InChI is InChI=1S/C24H24ClFN4O3S/c1-5-34(16(3)7-6-15(2)25)28-24(33)29(4)19-10-11-21(27-14-19)30-22(31)12-17-8-9-18(26)13-20(17)23(30)32/h5-11,13-14H,12H2,1-4H3,(H,28,33)/b15-6+,16-7+. The van der Waals surface area contributed by atoms with E-state index < -0.39 is 28.3 Å². The highest BCUT2D eigenvalue weighted by Gasteiger charge is 2.33. The van der Waals surface area contributed by atoms with Gasteiger partial charge in [-0.15, -0.1) is 0 Å². The first-order valence-corrected chi connectivity index (χ1v) is 12.0. The number of carbonyl (C=O) groups is 3. The molecule has 10 heteroatoms. The van der Waals surface area contributed by atoms with Crippen LogP contribution in [0.15, 0.2) is 58.6 Å². The summed E-state index contributed by atoms with van der Waals surface area (Å²) >= 11 is 5.87. The number of nitrogens with one attached hydrogen (secondary N) is 1. The Morgan fingerprint density at radius 1 is 1.24 bits per heavy atom. The second-order valence-corrected chi connectivity index (χ2v) is 10.0. The van der Waals surface area contributed by atoms with E-state index in [9.17, 15) is 18.8 Å². The molecule has 0 radical (unpaired) electrons. The Morgan fingerprint density at radius 2 is 1.97 bits per heavy atom. The molecule has 0 bridgehead atoms.